The molecule has 0 amide bonds. The lowest BCUT2D eigenvalue weighted by Gasteiger charge is -2.10. The summed E-state index contributed by atoms with van der Waals surface area (Å²) in [6, 6.07) is 9.96. The van der Waals surface area contributed by atoms with Crippen LogP contribution in [-0.2, 0) is 0 Å². The van der Waals surface area contributed by atoms with E-state index in [0.717, 1.165) is 31.9 Å². The molecule has 0 spiro atoms. The first-order valence-corrected chi connectivity index (χ1v) is 7.06. The zero-order chi connectivity index (χ0) is 13.4. The van der Waals surface area contributed by atoms with Gasteiger partial charge in [-0.05, 0) is 42.1 Å². The third-order valence-electron chi connectivity index (χ3n) is 3.00. The van der Waals surface area contributed by atoms with Gasteiger partial charge in [0.1, 0.15) is 5.82 Å². The summed E-state index contributed by atoms with van der Waals surface area (Å²) in [5, 5.41) is 3.77. The number of hydrogen-bond donors (Lipinski definition) is 2. The molecule has 3 N–H and O–H groups in total. The molecule has 0 atom stereocenters. The van der Waals surface area contributed by atoms with Crippen LogP contribution in [0.5, 0.6) is 0 Å². The zero-order valence-electron chi connectivity index (χ0n) is 10.3. The summed E-state index contributed by atoms with van der Waals surface area (Å²) < 4.78 is 0. The molecule has 19 heavy (non-hydrogen) atoms. The Labute approximate surface area is 120 Å². The number of aryl methyl sites for hydroxylation is 1. The normalized spacial score (nSPS) is 10.9. The molecule has 0 radical (unpaired) electrons. The lowest BCUT2D eigenvalue weighted by molar-refractivity contribution is 1.26. The number of nitrogen functional groups attached to an aromatic ring is 1. The van der Waals surface area contributed by atoms with Crippen molar-refractivity contribution in [2.45, 2.75) is 6.92 Å². The molecular formula is C14H12ClN3S. The van der Waals surface area contributed by atoms with E-state index >= 15 is 0 Å². The van der Waals surface area contributed by atoms with E-state index in [1.165, 1.54) is 0 Å². The minimum absolute atomic E-state index is 0.681. The number of rotatable bonds is 2. The smallest absolute Gasteiger partial charge is 0.149 e. The minimum Gasteiger partial charge on any atom is -0.308 e. The maximum atomic E-state index is 6.11. The number of hydrogen-bond acceptors (Lipinski definition) is 4. The summed E-state index contributed by atoms with van der Waals surface area (Å²) in [5.74, 6) is 6.27. The number of nitrogens with one attached hydrogen (secondary N) is 1. The Kier molecular flexibility index (Phi) is 3.14. The van der Waals surface area contributed by atoms with Gasteiger partial charge in [-0.15, -0.1) is 11.3 Å². The molecule has 3 aromatic rings. The fourth-order valence-electron chi connectivity index (χ4n) is 2.15. The summed E-state index contributed by atoms with van der Waals surface area (Å²) in [4.78, 5) is 5.73. The predicted molar refractivity (Wildman–Crippen MR) is 82.6 cm³/mol. The van der Waals surface area contributed by atoms with Crippen LogP contribution in [0.3, 0.4) is 0 Å². The van der Waals surface area contributed by atoms with Crippen molar-refractivity contribution in [1.82, 2.24) is 4.98 Å². The number of nitrogens with zero attached hydrogens (tertiary/aromatic N) is 1. The molecule has 0 bridgehead atoms. The van der Waals surface area contributed by atoms with Crippen LogP contribution in [0.25, 0.3) is 21.3 Å². The van der Waals surface area contributed by atoms with Gasteiger partial charge in [-0.25, -0.2) is 10.8 Å². The van der Waals surface area contributed by atoms with Crippen molar-refractivity contribution in [2.24, 2.45) is 5.84 Å². The van der Waals surface area contributed by atoms with Crippen LogP contribution in [0.15, 0.2) is 35.7 Å². The molecule has 96 valence electrons. The Balaban J connectivity index is 2.33. The molecule has 1 aromatic carbocycles. The molecule has 2 aromatic heterocycles. The van der Waals surface area contributed by atoms with Crippen molar-refractivity contribution >= 4 is 39.7 Å². The van der Waals surface area contributed by atoms with Crippen molar-refractivity contribution in [1.29, 1.82) is 0 Å². The van der Waals surface area contributed by atoms with E-state index in [-0.39, 0.29) is 0 Å². The van der Waals surface area contributed by atoms with Gasteiger partial charge in [0.15, 0.2) is 0 Å². The van der Waals surface area contributed by atoms with Crippen LogP contribution in [0.1, 0.15) is 5.56 Å². The number of anilines is 1. The molecular weight excluding hydrogens is 278 g/mol. The van der Waals surface area contributed by atoms with Gasteiger partial charge in [-0.1, -0.05) is 17.7 Å². The van der Waals surface area contributed by atoms with E-state index in [9.17, 15) is 0 Å². The van der Waals surface area contributed by atoms with E-state index in [1.54, 1.807) is 11.3 Å². The number of benzene rings is 1. The van der Waals surface area contributed by atoms with Gasteiger partial charge in [0.2, 0.25) is 0 Å². The molecule has 3 nitrogen and oxygen atoms in total. The number of thiophene rings is 1. The summed E-state index contributed by atoms with van der Waals surface area (Å²) >= 11 is 7.76. The van der Waals surface area contributed by atoms with Crippen molar-refractivity contribution in [3.63, 3.8) is 0 Å². The quantitative estimate of drug-likeness (QED) is 0.549. The molecule has 0 aliphatic heterocycles. The van der Waals surface area contributed by atoms with Crippen molar-refractivity contribution in [3.8, 4) is 10.4 Å². The number of aromatic nitrogens is 1. The van der Waals surface area contributed by atoms with Gasteiger partial charge in [-0.2, -0.15) is 0 Å². The van der Waals surface area contributed by atoms with Crippen molar-refractivity contribution < 1.29 is 0 Å². The van der Waals surface area contributed by atoms with Crippen LogP contribution < -0.4 is 11.3 Å². The van der Waals surface area contributed by atoms with Crippen LogP contribution in [0, 0.1) is 6.92 Å². The summed E-state index contributed by atoms with van der Waals surface area (Å²) in [5.41, 5.74) is 5.63. The van der Waals surface area contributed by atoms with E-state index < -0.39 is 0 Å². The van der Waals surface area contributed by atoms with Gasteiger partial charge >= 0.3 is 0 Å². The number of halogens is 1. The minimum atomic E-state index is 0.681. The SMILES string of the molecule is Cc1cc(Cl)cc2cc(-c3cccs3)c(NN)nc12. The summed E-state index contributed by atoms with van der Waals surface area (Å²) in [7, 11) is 0. The first kappa shape index (κ1) is 12.4. The molecule has 5 heteroatoms. The molecule has 0 saturated heterocycles. The van der Waals surface area contributed by atoms with Crippen LogP contribution in [-0.4, -0.2) is 4.98 Å². The zero-order valence-corrected chi connectivity index (χ0v) is 11.8. The van der Waals surface area contributed by atoms with Gasteiger partial charge in [0.25, 0.3) is 0 Å². The largest absolute Gasteiger partial charge is 0.308 e. The summed E-state index contributed by atoms with van der Waals surface area (Å²) in [6.07, 6.45) is 0. The first-order valence-electron chi connectivity index (χ1n) is 5.80. The van der Waals surface area contributed by atoms with Gasteiger partial charge in [0.05, 0.1) is 5.52 Å². The summed E-state index contributed by atoms with van der Waals surface area (Å²) in [6.45, 7) is 1.99. The Bertz CT molecular complexity index is 738. The number of fused-ring (bicyclic) bond motifs is 1. The Morgan fingerprint density at radius 3 is 2.84 bits per heavy atom. The fourth-order valence-corrected chi connectivity index (χ4v) is 3.17. The van der Waals surface area contributed by atoms with Gasteiger partial charge < -0.3 is 5.43 Å². The molecule has 3 rings (SSSR count). The Morgan fingerprint density at radius 2 is 2.16 bits per heavy atom. The lowest BCUT2D eigenvalue weighted by atomic mass is 10.1. The van der Waals surface area contributed by atoms with Gasteiger partial charge in [0, 0.05) is 20.8 Å². The van der Waals surface area contributed by atoms with Crippen molar-refractivity contribution in [3.05, 3.63) is 46.3 Å². The number of nitrogens with two attached hydrogens (primary N) is 1. The second-order valence-electron chi connectivity index (χ2n) is 4.30. The average molecular weight is 290 g/mol. The van der Waals surface area contributed by atoms with Crippen LogP contribution in [0.2, 0.25) is 5.02 Å². The Morgan fingerprint density at radius 1 is 1.32 bits per heavy atom. The van der Waals surface area contributed by atoms with Crippen molar-refractivity contribution in [2.75, 3.05) is 5.43 Å². The molecule has 0 saturated carbocycles. The molecule has 0 aliphatic carbocycles. The highest BCUT2D eigenvalue weighted by Crippen LogP contribution is 2.34. The molecule has 0 fully saturated rings. The van der Waals surface area contributed by atoms with Crippen LogP contribution in [0.4, 0.5) is 5.82 Å². The number of pyridine rings is 1. The standard InChI is InChI=1S/C14H12ClN3S/c1-8-5-10(15)6-9-7-11(12-3-2-4-19-12)14(18-16)17-13(8)9/h2-7H,16H2,1H3,(H,17,18). The monoisotopic (exact) mass is 289 g/mol. The maximum absolute atomic E-state index is 6.11. The highest BCUT2D eigenvalue weighted by Gasteiger charge is 2.11. The van der Waals surface area contributed by atoms with E-state index in [0.29, 0.717) is 5.82 Å². The third-order valence-corrected chi connectivity index (χ3v) is 4.12. The highest BCUT2D eigenvalue weighted by molar-refractivity contribution is 7.13. The maximum Gasteiger partial charge on any atom is 0.149 e. The number of hydrazine groups is 1. The van der Waals surface area contributed by atoms with Crippen LogP contribution >= 0.6 is 22.9 Å². The van der Waals surface area contributed by atoms with E-state index in [2.05, 4.69) is 16.5 Å². The molecule has 0 aliphatic rings. The highest BCUT2D eigenvalue weighted by atomic mass is 35.5. The molecule has 0 unspecified atom stereocenters. The van der Waals surface area contributed by atoms with E-state index in [1.807, 2.05) is 36.6 Å². The molecule has 2 heterocycles. The lowest BCUT2D eigenvalue weighted by Crippen LogP contribution is -2.10. The topological polar surface area (TPSA) is 50.9 Å². The third kappa shape index (κ3) is 2.18. The van der Waals surface area contributed by atoms with Gasteiger partial charge in [-0.3, -0.25) is 0 Å². The predicted octanol–water partition coefficient (Wildman–Crippen LogP) is 4.21. The average Bonchev–Trinajstić information content (AvgIpc) is 2.91. The van der Waals surface area contributed by atoms with E-state index in [4.69, 9.17) is 17.4 Å². The fraction of sp³-hybridized carbons (Fsp3) is 0.0714. The second-order valence-corrected chi connectivity index (χ2v) is 5.68. The Hall–Kier alpha value is -1.62. The second kappa shape index (κ2) is 4.81. The first-order chi connectivity index (χ1) is 9.19.